The number of hydrogen-bond acceptors (Lipinski definition) is 9. The Kier molecular flexibility index (Phi) is 8.03. The SMILES string of the molecule is COc1ccc([C@]23C[C@@](O)(/N=C(/C)NCc4c(OC)cc(OC)cc4O2)[C@H](C(=O)N(C)OC)[C@H]3c2ccccc2)cc1. The van der Waals surface area contributed by atoms with Gasteiger partial charge >= 0.3 is 0 Å². The summed E-state index contributed by atoms with van der Waals surface area (Å²) in [6, 6.07) is 20.7. The molecule has 3 aromatic rings. The van der Waals surface area contributed by atoms with Gasteiger partial charge in [-0.1, -0.05) is 42.5 Å². The van der Waals surface area contributed by atoms with Crippen molar-refractivity contribution in [2.75, 3.05) is 35.5 Å². The van der Waals surface area contributed by atoms with Gasteiger partial charge in [0.1, 0.15) is 34.5 Å². The zero-order valence-electron chi connectivity index (χ0n) is 24.7. The summed E-state index contributed by atoms with van der Waals surface area (Å²) in [7, 11) is 7.70. The Morgan fingerprint density at radius 3 is 2.31 bits per heavy atom. The first-order chi connectivity index (χ1) is 20.2. The summed E-state index contributed by atoms with van der Waals surface area (Å²) in [5, 5.41) is 16.9. The predicted octanol–water partition coefficient (Wildman–Crippen LogP) is 4.02. The summed E-state index contributed by atoms with van der Waals surface area (Å²) >= 11 is 0. The van der Waals surface area contributed by atoms with E-state index in [4.69, 9.17) is 28.8 Å². The predicted molar refractivity (Wildman–Crippen MR) is 157 cm³/mol. The maximum absolute atomic E-state index is 14.2. The standard InChI is InChI=1S/C32H37N3O7/c1-20-33-18-25-26(40-5)16-24(39-4)17-27(25)42-31(22-12-14-23(38-3)15-13-22)19-32(37,34-20)29(30(36)35(2)41-6)28(31)21-10-8-7-9-11-21/h7-17,28-29,37H,18-19H2,1-6H3,(H,33,34)/t28-,29+,31+,32+/m1/s1. The number of nitrogens with one attached hydrogen (secondary N) is 1. The van der Waals surface area contributed by atoms with E-state index in [1.807, 2.05) is 54.6 Å². The van der Waals surface area contributed by atoms with Gasteiger partial charge in [-0.3, -0.25) is 9.63 Å². The molecular weight excluding hydrogens is 538 g/mol. The van der Waals surface area contributed by atoms with Crippen molar-refractivity contribution >= 4 is 11.7 Å². The van der Waals surface area contributed by atoms with Gasteiger partial charge in [0, 0.05) is 38.1 Å². The number of methoxy groups -OCH3 is 3. The number of carbonyl (C=O) groups is 1. The average molecular weight is 576 g/mol. The lowest BCUT2D eigenvalue weighted by atomic mass is 9.75. The number of aliphatic imine (C=N–C) groups is 1. The first-order valence-corrected chi connectivity index (χ1v) is 13.7. The van der Waals surface area contributed by atoms with E-state index in [0.29, 0.717) is 35.4 Å². The number of amidine groups is 1. The number of rotatable bonds is 7. The van der Waals surface area contributed by atoms with Crippen LogP contribution in [0.5, 0.6) is 23.0 Å². The lowest BCUT2D eigenvalue weighted by molar-refractivity contribution is -0.180. The minimum absolute atomic E-state index is 0.0438. The van der Waals surface area contributed by atoms with Crippen LogP contribution in [0.1, 0.15) is 36.0 Å². The second-order valence-corrected chi connectivity index (χ2v) is 10.5. The van der Waals surface area contributed by atoms with Gasteiger partial charge in [0.25, 0.3) is 5.91 Å². The Morgan fingerprint density at radius 2 is 1.69 bits per heavy atom. The first-order valence-electron chi connectivity index (χ1n) is 13.7. The molecule has 4 atom stereocenters. The van der Waals surface area contributed by atoms with Gasteiger partial charge in [-0.25, -0.2) is 10.1 Å². The largest absolute Gasteiger partial charge is 0.497 e. The Hall–Kier alpha value is -4.28. The van der Waals surface area contributed by atoms with Crippen LogP contribution < -0.4 is 24.3 Å². The number of amides is 1. The van der Waals surface area contributed by atoms with E-state index in [2.05, 4.69) is 5.32 Å². The third-order valence-electron chi connectivity index (χ3n) is 8.22. The molecule has 0 radical (unpaired) electrons. The lowest BCUT2D eigenvalue weighted by Gasteiger charge is -2.39. The minimum Gasteiger partial charge on any atom is -0.497 e. The lowest BCUT2D eigenvalue weighted by Crippen LogP contribution is -2.46. The average Bonchev–Trinajstić information content (AvgIpc) is 3.26. The molecule has 1 aliphatic carbocycles. The van der Waals surface area contributed by atoms with E-state index in [-0.39, 0.29) is 6.42 Å². The molecule has 2 N–H and O–H groups in total. The first kappa shape index (κ1) is 29.2. The highest BCUT2D eigenvalue weighted by Crippen LogP contribution is 2.61. The summed E-state index contributed by atoms with van der Waals surface area (Å²) < 4.78 is 24.0. The maximum Gasteiger partial charge on any atom is 0.254 e. The Labute approximate surface area is 245 Å². The molecule has 0 saturated heterocycles. The molecule has 1 saturated carbocycles. The Balaban J connectivity index is 1.88. The van der Waals surface area contributed by atoms with E-state index in [1.165, 1.54) is 14.2 Å². The van der Waals surface area contributed by atoms with Crippen LogP contribution in [-0.4, -0.2) is 63.1 Å². The summed E-state index contributed by atoms with van der Waals surface area (Å²) in [4.78, 5) is 24.3. The van der Waals surface area contributed by atoms with E-state index in [9.17, 15) is 9.90 Å². The van der Waals surface area contributed by atoms with Gasteiger partial charge in [0.2, 0.25) is 0 Å². The van der Waals surface area contributed by atoms with E-state index in [0.717, 1.165) is 21.8 Å². The molecule has 2 bridgehead atoms. The number of fused-ring (bicyclic) bond motifs is 3. The summed E-state index contributed by atoms with van der Waals surface area (Å²) in [6.45, 7) is 2.06. The molecule has 1 fully saturated rings. The number of hydrogen-bond donors (Lipinski definition) is 2. The second-order valence-electron chi connectivity index (χ2n) is 10.5. The molecule has 222 valence electrons. The van der Waals surface area contributed by atoms with Gasteiger partial charge in [-0.05, 0) is 30.2 Å². The summed E-state index contributed by atoms with van der Waals surface area (Å²) in [6.07, 6.45) is -0.0438. The van der Waals surface area contributed by atoms with Gasteiger partial charge in [-0.2, -0.15) is 0 Å². The zero-order valence-corrected chi connectivity index (χ0v) is 24.7. The van der Waals surface area contributed by atoms with Gasteiger partial charge in [-0.15, -0.1) is 0 Å². The molecule has 2 aliphatic rings. The molecule has 10 heteroatoms. The number of carbonyl (C=O) groups excluding carboxylic acids is 1. The van der Waals surface area contributed by atoms with Gasteiger partial charge in [0.15, 0.2) is 5.72 Å². The van der Waals surface area contributed by atoms with Gasteiger partial charge in [0.05, 0.1) is 39.8 Å². The second kappa shape index (κ2) is 11.5. The minimum atomic E-state index is -1.87. The molecule has 10 nitrogen and oxygen atoms in total. The maximum atomic E-state index is 14.2. The molecule has 1 amide bonds. The third-order valence-corrected chi connectivity index (χ3v) is 8.22. The van der Waals surface area contributed by atoms with Crippen molar-refractivity contribution in [1.29, 1.82) is 0 Å². The number of aliphatic hydroxyl groups is 1. The Bertz CT molecular complexity index is 1460. The van der Waals surface area contributed by atoms with Crippen LogP contribution in [0.4, 0.5) is 0 Å². The van der Waals surface area contributed by atoms with Crippen molar-refractivity contribution in [2.45, 2.75) is 37.1 Å². The fourth-order valence-corrected chi connectivity index (χ4v) is 6.22. The van der Waals surface area contributed by atoms with E-state index < -0.39 is 29.1 Å². The summed E-state index contributed by atoms with van der Waals surface area (Å²) in [5.74, 6) is 0.472. The van der Waals surface area contributed by atoms with Crippen molar-refractivity contribution in [1.82, 2.24) is 10.4 Å². The van der Waals surface area contributed by atoms with Crippen LogP contribution in [-0.2, 0) is 21.8 Å². The molecule has 5 rings (SSSR count). The third kappa shape index (κ3) is 5.01. The topological polar surface area (TPSA) is 111 Å². The number of hydroxylamine groups is 2. The fourth-order valence-electron chi connectivity index (χ4n) is 6.22. The van der Waals surface area contributed by atoms with E-state index >= 15 is 0 Å². The molecule has 0 spiro atoms. The molecule has 0 aromatic heterocycles. The number of benzene rings is 3. The molecule has 1 heterocycles. The Morgan fingerprint density at radius 1 is 1.00 bits per heavy atom. The molecule has 42 heavy (non-hydrogen) atoms. The zero-order chi connectivity index (χ0) is 30.1. The number of ether oxygens (including phenoxy) is 4. The van der Waals surface area contributed by atoms with Crippen molar-refractivity contribution in [3.8, 4) is 23.0 Å². The van der Waals surface area contributed by atoms with Crippen molar-refractivity contribution < 1.29 is 33.7 Å². The van der Waals surface area contributed by atoms with Crippen molar-refractivity contribution in [2.24, 2.45) is 10.9 Å². The highest BCUT2D eigenvalue weighted by molar-refractivity contribution is 5.84. The van der Waals surface area contributed by atoms with Crippen LogP contribution in [0.3, 0.4) is 0 Å². The van der Waals surface area contributed by atoms with Crippen molar-refractivity contribution in [3.63, 3.8) is 0 Å². The monoisotopic (exact) mass is 575 g/mol. The molecular formula is C32H37N3O7. The molecule has 3 aromatic carbocycles. The normalized spacial score (nSPS) is 26.0. The van der Waals surface area contributed by atoms with Crippen molar-refractivity contribution in [3.05, 3.63) is 83.4 Å². The van der Waals surface area contributed by atoms with Crippen LogP contribution in [0, 0.1) is 5.92 Å². The molecule has 1 aliphatic heterocycles. The van der Waals surface area contributed by atoms with Crippen LogP contribution in [0.25, 0.3) is 0 Å². The van der Waals surface area contributed by atoms with E-state index in [1.54, 1.807) is 40.4 Å². The van der Waals surface area contributed by atoms with Crippen LogP contribution in [0.2, 0.25) is 0 Å². The smallest absolute Gasteiger partial charge is 0.254 e. The van der Waals surface area contributed by atoms with Crippen LogP contribution >= 0.6 is 0 Å². The van der Waals surface area contributed by atoms with Gasteiger partial charge < -0.3 is 29.4 Å². The molecule has 0 unspecified atom stereocenters. The van der Waals surface area contributed by atoms with Crippen LogP contribution in [0.15, 0.2) is 71.7 Å². The number of nitrogens with zero attached hydrogens (tertiary/aromatic N) is 2. The highest BCUT2D eigenvalue weighted by Gasteiger charge is 2.67. The quantitative estimate of drug-likeness (QED) is 0.407. The highest BCUT2D eigenvalue weighted by atomic mass is 16.7. The fraction of sp³-hybridized carbons (Fsp3) is 0.375. The summed E-state index contributed by atoms with van der Waals surface area (Å²) in [5.41, 5.74) is -0.891.